The molecule has 108 valence electrons. The van der Waals surface area contributed by atoms with Gasteiger partial charge in [0, 0.05) is 19.0 Å². The van der Waals surface area contributed by atoms with Gasteiger partial charge < -0.3 is 15.0 Å². The number of anilines is 1. The maximum atomic E-state index is 5.18. The summed E-state index contributed by atoms with van der Waals surface area (Å²) in [4.78, 5) is 11.1. The van der Waals surface area contributed by atoms with E-state index in [1.807, 2.05) is 13.0 Å². The molecule has 0 unspecified atom stereocenters. The number of nitrogens with one attached hydrogen (secondary N) is 1. The number of ether oxygens (including phenoxy) is 1. The van der Waals surface area contributed by atoms with Crippen LogP contribution in [0.5, 0.6) is 5.88 Å². The van der Waals surface area contributed by atoms with Gasteiger partial charge in [0.15, 0.2) is 0 Å². The Kier molecular flexibility index (Phi) is 7.18. The highest BCUT2D eigenvalue weighted by molar-refractivity contribution is 5.38. The summed E-state index contributed by atoms with van der Waals surface area (Å²) < 4.78 is 5.18. The Morgan fingerprint density at radius 3 is 2.53 bits per heavy atom. The zero-order chi connectivity index (χ0) is 14.1. The van der Waals surface area contributed by atoms with Crippen LogP contribution in [-0.4, -0.2) is 48.2 Å². The van der Waals surface area contributed by atoms with Gasteiger partial charge in [-0.2, -0.15) is 4.98 Å². The first-order valence-electron chi connectivity index (χ1n) is 7.11. The molecular formula is C14H26N4O. The van der Waals surface area contributed by atoms with Gasteiger partial charge in [-0.15, -0.1) is 0 Å². The van der Waals surface area contributed by atoms with Crippen molar-refractivity contribution < 1.29 is 4.74 Å². The second-order valence-electron chi connectivity index (χ2n) is 4.37. The van der Waals surface area contributed by atoms with E-state index in [1.165, 1.54) is 0 Å². The minimum absolute atomic E-state index is 0.623. The van der Waals surface area contributed by atoms with E-state index in [-0.39, 0.29) is 0 Å². The molecule has 1 aromatic rings. The van der Waals surface area contributed by atoms with E-state index in [0.29, 0.717) is 5.88 Å². The molecule has 19 heavy (non-hydrogen) atoms. The van der Waals surface area contributed by atoms with Gasteiger partial charge in [-0.1, -0.05) is 20.8 Å². The molecule has 0 amide bonds. The lowest BCUT2D eigenvalue weighted by Crippen LogP contribution is -2.25. The van der Waals surface area contributed by atoms with Gasteiger partial charge in [-0.05, 0) is 26.1 Å². The second kappa shape index (κ2) is 8.69. The van der Waals surface area contributed by atoms with Crippen molar-refractivity contribution in [2.24, 2.45) is 0 Å². The second-order valence-corrected chi connectivity index (χ2v) is 4.37. The van der Waals surface area contributed by atoms with Gasteiger partial charge in [0.25, 0.3) is 0 Å². The van der Waals surface area contributed by atoms with Gasteiger partial charge in [0.2, 0.25) is 5.88 Å². The van der Waals surface area contributed by atoms with Crippen molar-refractivity contribution in [1.29, 1.82) is 0 Å². The summed E-state index contributed by atoms with van der Waals surface area (Å²) in [6.45, 7) is 10.7. The lowest BCUT2D eigenvalue weighted by atomic mass is 10.3. The fraction of sp³-hybridized carbons (Fsp3) is 0.714. The Hall–Kier alpha value is -1.36. The number of hydrogen-bond donors (Lipinski definition) is 1. The largest absolute Gasteiger partial charge is 0.481 e. The SMILES string of the molecule is CCc1nc(NCCCN(CC)CC)cc(OC)n1. The first-order chi connectivity index (χ1) is 9.23. The van der Waals surface area contributed by atoms with Crippen LogP contribution in [0.4, 0.5) is 5.82 Å². The highest BCUT2D eigenvalue weighted by atomic mass is 16.5. The predicted octanol–water partition coefficient (Wildman–Crippen LogP) is 2.19. The molecule has 5 nitrogen and oxygen atoms in total. The van der Waals surface area contributed by atoms with E-state index in [0.717, 1.165) is 50.7 Å². The number of aromatic nitrogens is 2. The zero-order valence-corrected chi connectivity index (χ0v) is 12.6. The van der Waals surface area contributed by atoms with Crippen LogP contribution in [0, 0.1) is 0 Å². The minimum Gasteiger partial charge on any atom is -0.481 e. The minimum atomic E-state index is 0.623. The van der Waals surface area contributed by atoms with Gasteiger partial charge in [-0.3, -0.25) is 0 Å². The van der Waals surface area contributed by atoms with Crippen molar-refractivity contribution in [3.05, 3.63) is 11.9 Å². The van der Waals surface area contributed by atoms with E-state index in [4.69, 9.17) is 4.74 Å². The zero-order valence-electron chi connectivity index (χ0n) is 12.6. The number of nitrogens with zero attached hydrogens (tertiary/aromatic N) is 3. The molecule has 1 rings (SSSR count). The molecule has 0 aliphatic carbocycles. The summed E-state index contributed by atoms with van der Waals surface area (Å²) in [6, 6.07) is 1.84. The third-order valence-corrected chi connectivity index (χ3v) is 3.13. The van der Waals surface area contributed by atoms with Crippen LogP contribution >= 0.6 is 0 Å². The summed E-state index contributed by atoms with van der Waals surface area (Å²) in [5, 5.41) is 3.34. The van der Waals surface area contributed by atoms with E-state index >= 15 is 0 Å². The highest BCUT2D eigenvalue weighted by Gasteiger charge is 2.03. The number of rotatable bonds is 9. The third kappa shape index (κ3) is 5.42. The molecule has 1 heterocycles. The van der Waals surface area contributed by atoms with Crippen LogP contribution in [0.25, 0.3) is 0 Å². The van der Waals surface area contributed by atoms with Gasteiger partial charge in [0.1, 0.15) is 11.6 Å². The maximum absolute atomic E-state index is 5.18. The fourth-order valence-electron chi connectivity index (χ4n) is 1.88. The number of methoxy groups -OCH3 is 1. The predicted molar refractivity (Wildman–Crippen MR) is 78.9 cm³/mol. The Morgan fingerprint density at radius 1 is 1.21 bits per heavy atom. The summed E-state index contributed by atoms with van der Waals surface area (Å²) in [5.74, 6) is 2.28. The fourth-order valence-corrected chi connectivity index (χ4v) is 1.88. The summed E-state index contributed by atoms with van der Waals surface area (Å²) >= 11 is 0. The van der Waals surface area contributed by atoms with Crippen molar-refractivity contribution in [2.45, 2.75) is 33.6 Å². The molecule has 0 radical (unpaired) electrons. The molecule has 5 heteroatoms. The average Bonchev–Trinajstić information content (AvgIpc) is 2.47. The highest BCUT2D eigenvalue weighted by Crippen LogP contribution is 2.13. The van der Waals surface area contributed by atoms with E-state index in [1.54, 1.807) is 7.11 Å². The molecule has 0 bridgehead atoms. The normalized spacial score (nSPS) is 10.8. The molecule has 1 aromatic heterocycles. The molecular weight excluding hydrogens is 240 g/mol. The van der Waals surface area contributed by atoms with Crippen LogP contribution in [0.15, 0.2) is 6.07 Å². The van der Waals surface area contributed by atoms with Crippen molar-refractivity contribution >= 4 is 5.82 Å². The smallest absolute Gasteiger partial charge is 0.218 e. The van der Waals surface area contributed by atoms with E-state index in [2.05, 4.69) is 34.0 Å². The number of hydrogen-bond acceptors (Lipinski definition) is 5. The molecule has 1 N–H and O–H groups in total. The van der Waals surface area contributed by atoms with Crippen LogP contribution < -0.4 is 10.1 Å². The molecule has 0 atom stereocenters. The monoisotopic (exact) mass is 266 g/mol. The van der Waals surface area contributed by atoms with Crippen LogP contribution in [0.1, 0.15) is 33.0 Å². The quantitative estimate of drug-likeness (QED) is 0.694. The Balaban J connectivity index is 2.44. The van der Waals surface area contributed by atoms with Crippen LogP contribution in [0.3, 0.4) is 0 Å². The van der Waals surface area contributed by atoms with Gasteiger partial charge in [0.05, 0.1) is 7.11 Å². The standard InChI is InChI=1S/C14H26N4O/c1-5-12-16-13(11-14(17-12)19-4)15-9-8-10-18(6-2)7-3/h11H,5-10H2,1-4H3,(H,15,16,17). The Bertz CT molecular complexity index is 344. The summed E-state index contributed by atoms with van der Waals surface area (Å²) in [5.41, 5.74) is 0. The molecule has 0 saturated carbocycles. The molecule has 0 spiro atoms. The van der Waals surface area contributed by atoms with E-state index < -0.39 is 0 Å². The maximum Gasteiger partial charge on any atom is 0.218 e. The molecule has 0 aromatic carbocycles. The van der Waals surface area contributed by atoms with Gasteiger partial charge >= 0.3 is 0 Å². The first-order valence-corrected chi connectivity index (χ1v) is 7.11. The van der Waals surface area contributed by atoms with E-state index in [9.17, 15) is 0 Å². The molecule has 0 saturated heterocycles. The third-order valence-electron chi connectivity index (χ3n) is 3.13. The van der Waals surface area contributed by atoms with Crippen LogP contribution in [-0.2, 0) is 6.42 Å². The van der Waals surface area contributed by atoms with Gasteiger partial charge in [-0.25, -0.2) is 4.98 Å². The molecule has 0 fully saturated rings. The lowest BCUT2D eigenvalue weighted by Gasteiger charge is -2.17. The first kappa shape index (κ1) is 15.7. The Morgan fingerprint density at radius 2 is 1.95 bits per heavy atom. The average molecular weight is 266 g/mol. The van der Waals surface area contributed by atoms with Crippen LogP contribution in [0.2, 0.25) is 0 Å². The summed E-state index contributed by atoms with van der Waals surface area (Å²) in [7, 11) is 1.63. The van der Waals surface area contributed by atoms with Crippen molar-refractivity contribution in [3.8, 4) is 5.88 Å². The van der Waals surface area contributed by atoms with Crippen molar-refractivity contribution in [1.82, 2.24) is 14.9 Å². The topological polar surface area (TPSA) is 50.3 Å². The van der Waals surface area contributed by atoms with Crippen molar-refractivity contribution in [2.75, 3.05) is 38.6 Å². The lowest BCUT2D eigenvalue weighted by molar-refractivity contribution is 0.303. The molecule has 0 aliphatic rings. The van der Waals surface area contributed by atoms with Crippen molar-refractivity contribution in [3.63, 3.8) is 0 Å². The number of aryl methyl sites for hydroxylation is 1. The Labute approximate surface area is 116 Å². The summed E-state index contributed by atoms with van der Waals surface area (Å²) in [6.07, 6.45) is 1.92. The molecule has 0 aliphatic heterocycles.